The van der Waals surface area contributed by atoms with Crippen LogP contribution in [-0.4, -0.2) is 30.2 Å². The van der Waals surface area contributed by atoms with E-state index in [0.717, 1.165) is 15.4 Å². The molecule has 0 radical (unpaired) electrons. The van der Waals surface area contributed by atoms with Crippen LogP contribution in [0, 0.1) is 0 Å². The van der Waals surface area contributed by atoms with Crippen molar-refractivity contribution in [3.05, 3.63) is 34.6 Å². The summed E-state index contributed by atoms with van der Waals surface area (Å²) in [6, 6.07) is 1.33. The summed E-state index contributed by atoms with van der Waals surface area (Å²) < 4.78 is 39.6. The lowest BCUT2D eigenvalue weighted by atomic mass is 10.3. The minimum Gasteiger partial charge on any atom is -0.274 e. The first kappa shape index (κ1) is 14.0. The van der Waals surface area contributed by atoms with Gasteiger partial charge in [-0.2, -0.15) is 22.7 Å². The molecule has 8 nitrogen and oxygen atoms in total. The molecule has 0 aromatic carbocycles. The topological polar surface area (TPSA) is 94.2 Å². The molecule has 3 heterocycles. The third kappa shape index (κ3) is 2.16. The molecule has 3 rings (SSSR count). The first-order valence-corrected chi connectivity index (χ1v) is 5.89. The molecule has 0 spiro atoms. The molecule has 1 amide bonds. The smallest absolute Gasteiger partial charge is 0.274 e. The van der Waals surface area contributed by atoms with Crippen LogP contribution in [0.25, 0.3) is 16.7 Å². The fourth-order valence-electron chi connectivity index (χ4n) is 1.90. The normalized spacial score (nSPS) is 12.0. The van der Waals surface area contributed by atoms with Crippen LogP contribution < -0.4 is 11.0 Å². The number of carbonyl (C=O) groups excluding carboxylic acids is 1. The van der Waals surface area contributed by atoms with Crippen LogP contribution in [0.5, 0.6) is 0 Å². The van der Waals surface area contributed by atoms with Crippen LogP contribution in [-0.2, 0) is 11.0 Å². The molecule has 1 N–H and O–H groups in total. The highest BCUT2D eigenvalue weighted by Crippen LogP contribution is 2.26. The molecule has 0 fully saturated rings. The number of halogens is 3. The Morgan fingerprint density at radius 2 is 2.09 bits per heavy atom. The van der Waals surface area contributed by atoms with Gasteiger partial charge < -0.3 is 0 Å². The van der Waals surface area contributed by atoms with Crippen LogP contribution in [0.2, 0.25) is 0 Å². The molecule has 22 heavy (non-hydrogen) atoms. The van der Waals surface area contributed by atoms with Gasteiger partial charge in [-0.05, 0) is 6.07 Å². The molecule has 114 valence electrons. The van der Waals surface area contributed by atoms with Crippen LogP contribution >= 0.6 is 0 Å². The average Bonchev–Trinajstić information content (AvgIpc) is 2.85. The lowest BCUT2D eigenvalue weighted by Gasteiger charge is -2.07. The van der Waals surface area contributed by atoms with Gasteiger partial charge in [0.05, 0.1) is 10.9 Å². The van der Waals surface area contributed by atoms with E-state index in [-0.39, 0.29) is 16.7 Å². The van der Waals surface area contributed by atoms with Gasteiger partial charge in [-0.25, -0.2) is 9.66 Å². The van der Waals surface area contributed by atoms with E-state index in [1.54, 1.807) is 0 Å². The lowest BCUT2D eigenvalue weighted by Crippen LogP contribution is -2.31. The van der Waals surface area contributed by atoms with Crippen molar-refractivity contribution in [1.82, 2.24) is 24.3 Å². The number of amides is 1. The summed E-state index contributed by atoms with van der Waals surface area (Å²) in [5, 5.41) is 3.31. The maximum atomic E-state index is 12.6. The Balaban J connectivity index is 2.29. The number of nitrogens with one attached hydrogen (secondary N) is 1. The molecule has 0 aliphatic heterocycles. The number of hydrogen-bond donors (Lipinski definition) is 1. The zero-order valence-corrected chi connectivity index (χ0v) is 10.9. The maximum Gasteiger partial charge on any atom is 0.453 e. The van der Waals surface area contributed by atoms with Gasteiger partial charge in [-0.15, -0.1) is 5.10 Å². The van der Waals surface area contributed by atoms with Crippen molar-refractivity contribution in [3.63, 3.8) is 0 Å². The van der Waals surface area contributed by atoms with E-state index < -0.39 is 23.5 Å². The summed E-state index contributed by atoms with van der Waals surface area (Å²) in [6.07, 6.45) is -2.42. The molecule has 0 unspecified atom stereocenters. The van der Waals surface area contributed by atoms with E-state index in [2.05, 4.69) is 20.5 Å². The number of pyridine rings is 1. The van der Waals surface area contributed by atoms with Crippen LogP contribution in [0.1, 0.15) is 12.7 Å². The van der Waals surface area contributed by atoms with E-state index in [1.807, 2.05) is 0 Å². The largest absolute Gasteiger partial charge is 0.453 e. The minimum atomic E-state index is -4.72. The zero-order valence-electron chi connectivity index (χ0n) is 10.9. The maximum absolute atomic E-state index is 12.6. The van der Waals surface area contributed by atoms with E-state index in [9.17, 15) is 22.8 Å². The molecular formula is C11H7F3N6O2. The Morgan fingerprint density at radius 3 is 2.73 bits per heavy atom. The third-order valence-electron chi connectivity index (χ3n) is 2.77. The second kappa shape index (κ2) is 4.51. The lowest BCUT2D eigenvalue weighted by molar-refractivity contribution is -0.144. The SMILES string of the molecule is CC(=O)Nn1ccc2c(cnc3nc(C(F)(F)F)nn32)c1=O. The Hall–Kier alpha value is -2.98. The summed E-state index contributed by atoms with van der Waals surface area (Å²) in [5.41, 5.74) is 1.70. The summed E-state index contributed by atoms with van der Waals surface area (Å²) in [6.45, 7) is 1.21. The van der Waals surface area contributed by atoms with Crippen molar-refractivity contribution in [1.29, 1.82) is 0 Å². The molecule has 0 aliphatic rings. The predicted octanol–water partition coefficient (Wildman–Crippen LogP) is 0.548. The number of fused-ring (bicyclic) bond motifs is 3. The van der Waals surface area contributed by atoms with E-state index >= 15 is 0 Å². The minimum absolute atomic E-state index is 0.0117. The number of hydrogen-bond acceptors (Lipinski definition) is 5. The number of nitrogens with zero attached hydrogens (tertiary/aromatic N) is 5. The Morgan fingerprint density at radius 1 is 1.36 bits per heavy atom. The van der Waals surface area contributed by atoms with Crippen molar-refractivity contribution >= 4 is 22.6 Å². The molecule has 3 aromatic rings. The van der Waals surface area contributed by atoms with Gasteiger partial charge in [0.25, 0.3) is 17.2 Å². The number of rotatable bonds is 1. The van der Waals surface area contributed by atoms with Gasteiger partial charge in [0.15, 0.2) is 0 Å². The van der Waals surface area contributed by atoms with E-state index in [0.29, 0.717) is 0 Å². The monoisotopic (exact) mass is 312 g/mol. The first-order valence-electron chi connectivity index (χ1n) is 5.89. The van der Waals surface area contributed by atoms with Gasteiger partial charge in [0.2, 0.25) is 5.91 Å². The van der Waals surface area contributed by atoms with Crippen molar-refractivity contribution in [2.45, 2.75) is 13.1 Å². The molecule has 0 saturated heterocycles. The molecule has 0 aliphatic carbocycles. The summed E-state index contributed by atoms with van der Waals surface area (Å²) in [4.78, 5) is 30.1. The van der Waals surface area contributed by atoms with Crippen molar-refractivity contribution in [3.8, 4) is 0 Å². The Kier molecular flexibility index (Phi) is 2.87. The Bertz CT molecular complexity index is 958. The van der Waals surface area contributed by atoms with Gasteiger partial charge in [0.1, 0.15) is 0 Å². The zero-order chi connectivity index (χ0) is 16.1. The van der Waals surface area contributed by atoms with Crippen molar-refractivity contribution < 1.29 is 18.0 Å². The van der Waals surface area contributed by atoms with Gasteiger partial charge in [-0.3, -0.25) is 15.0 Å². The molecule has 0 atom stereocenters. The van der Waals surface area contributed by atoms with Gasteiger partial charge >= 0.3 is 6.18 Å². The molecule has 11 heteroatoms. The fourth-order valence-corrected chi connectivity index (χ4v) is 1.90. The second-order valence-electron chi connectivity index (χ2n) is 4.36. The van der Waals surface area contributed by atoms with E-state index in [1.165, 1.54) is 19.2 Å². The summed E-state index contributed by atoms with van der Waals surface area (Å²) in [5.74, 6) is -2.11. The quantitative estimate of drug-likeness (QED) is 0.708. The summed E-state index contributed by atoms with van der Waals surface area (Å²) in [7, 11) is 0. The third-order valence-corrected chi connectivity index (χ3v) is 2.77. The van der Waals surface area contributed by atoms with Crippen LogP contribution in [0.15, 0.2) is 23.3 Å². The van der Waals surface area contributed by atoms with Crippen molar-refractivity contribution in [2.24, 2.45) is 0 Å². The standard InChI is InChI=1S/C11H7F3N6O2/c1-5(21)17-19-3-2-7-6(8(19)22)4-15-10-16-9(11(12,13)14)18-20(7)10/h2-4H,1H3,(H,17,21). The number of carbonyl (C=O) groups is 1. The van der Waals surface area contributed by atoms with Gasteiger partial charge in [-0.1, -0.05) is 0 Å². The van der Waals surface area contributed by atoms with Crippen LogP contribution in [0.4, 0.5) is 13.2 Å². The Labute approximate surface area is 119 Å². The molecular weight excluding hydrogens is 305 g/mol. The molecule has 3 aromatic heterocycles. The predicted molar refractivity (Wildman–Crippen MR) is 67.6 cm³/mol. The highest BCUT2D eigenvalue weighted by atomic mass is 19.4. The number of aromatic nitrogens is 5. The molecule has 0 saturated carbocycles. The van der Waals surface area contributed by atoms with Gasteiger partial charge in [0, 0.05) is 19.3 Å². The molecule has 0 bridgehead atoms. The fraction of sp³-hybridized carbons (Fsp3) is 0.182. The summed E-state index contributed by atoms with van der Waals surface area (Å²) >= 11 is 0. The second-order valence-corrected chi connectivity index (χ2v) is 4.36. The number of alkyl halides is 3. The van der Waals surface area contributed by atoms with E-state index in [4.69, 9.17) is 0 Å². The average molecular weight is 312 g/mol. The van der Waals surface area contributed by atoms with Crippen molar-refractivity contribution in [2.75, 3.05) is 5.43 Å². The highest BCUT2D eigenvalue weighted by Gasteiger charge is 2.36. The first-order chi connectivity index (χ1) is 10.3. The van der Waals surface area contributed by atoms with Crippen LogP contribution in [0.3, 0.4) is 0 Å². The highest BCUT2D eigenvalue weighted by molar-refractivity contribution is 5.82.